The van der Waals surface area contributed by atoms with Gasteiger partial charge in [0.1, 0.15) is 0 Å². The molecular formula is C16H25NS. The Bertz CT molecular complexity index is 379. The molecule has 1 nitrogen and oxygen atoms in total. The van der Waals surface area contributed by atoms with Gasteiger partial charge in [-0.1, -0.05) is 52.8 Å². The number of benzene rings is 1. The van der Waals surface area contributed by atoms with E-state index >= 15 is 0 Å². The zero-order chi connectivity index (χ0) is 13.6. The minimum atomic E-state index is 0.266. The van der Waals surface area contributed by atoms with E-state index in [0.29, 0.717) is 0 Å². The molecule has 1 aromatic carbocycles. The molecule has 0 fully saturated rings. The molecule has 0 bridgehead atoms. The second-order valence-electron chi connectivity index (χ2n) is 5.32. The van der Waals surface area contributed by atoms with Crippen LogP contribution in [0.4, 0.5) is 0 Å². The first-order valence-electron chi connectivity index (χ1n) is 6.70. The molecule has 0 saturated heterocycles. The molecule has 2 heteroatoms. The van der Waals surface area contributed by atoms with Crippen LogP contribution in [0, 0.1) is 0 Å². The van der Waals surface area contributed by atoms with E-state index in [2.05, 4.69) is 63.3 Å². The summed E-state index contributed by atoms with van der Waals surface area (Å²) in [5.74, 6) is 0. The second-order valence-corrected chi connectivity index (χ2v) is 6.20. The molecule has 0 aliphatic heterocycles. The SMILES string of the molecule is C=C(CCC)NSc1ccc(C(C)(C)CC)cc1. The van der Waals surface area contributed by atoms with Crippen LogP contribution in [-0.4, -0.2) is 0 Å². The molecule has 0 heterocycles. The van der Waals surface area contributed by atoms with Crippen molar-refractivity contribution < 1.29 is 0 Å². The van der Waals surface area contributed by atoms with E-state index in [-0.39, 0.29) is 5.41 Å². The molecule has 1 rings (SSSR count). The van der Waals surface area contributed by atoms with Gasteiger partial charge in [-0.25, -0.2) is 0 Å². The molecular weight excluding hydrogens is 238 g/mol. The van der Waals surface area contributed by atoms with E-state index in [1.807, 2.05) is 0 Å². The lowest BCUT2D eigenvalue weighted by Crippen LogP contribution is -2.15. The molecule has 0 radical (unpaired) electrons. The summed E-state index contributed by atoms with van der Waals surface area (Å²) < 4.78 is 3.29. The zero-order valence-electron chi connectivity index (χ0n) is 12.0. The fourth-order valence-electron chi connectivity index (χ4n) is 1.66. The van der Waals surface area contributed by atoms with Gasteiger partial charge in [-0.2, -0.15) is 0 Å². The first-order valence-corrected chi connectivity index (χ1v) is 7.52. The average molecular weight is 263 g/mol. The van der Waals surface area contributed by atoms with Gasteiger partial charge in [-0.3, -0.25) is 0 Å². The van der Waals surface area contributed by atoms with Crippen LogP contribution in [0.15, 0.2) is 41.4 Å². The van der Waals surface area contributed by atoms with Crippen molar-refractivity contribution >= 4 is 11.9 Å². The minimum Gasteiger partial charge on any atom is -0.330 e. The minimum absolute atomic E-state index is 0.266. The molecule has 18 heavy (non-hydrogen) atoms. The van der Waals surface area contributed by atoms with Crippen molar-refractivity contribution in [1.82, 2.24) is 4.72 Å². The van der Waals surface area contributed by atoms with E-state index in [1.54, 1.807) is 11.9 Å². The number of hydrogen-bond acceptors (Lipinski definition) is 2. The van der Waals surface area contributed by atoms with E-state index in [0.717, 1.165) is 25.0 Å². The van der Waals surface area contributed by atoms with Crippen LogP contribution in [0.3, 0.4) is 0 Å². The lowest BCUT2D eigenvalue weighted by molar-refractivity contribution is 0.506. The molecule has 0 amide bonds. The fraction of sp³-hybridized carbons (Fsp3) is 0.500. The van der Waals surface area contributed by atoms with Crippen LogP contribution in [0.5, 0.6) is 0 Å². The van der Waals surface area contributed by atoms with Crippen LogP contribution in [0.1, 0.15) is 52.5 Å². The normalized spacial score (nSPS) is 11.3. The fourth-order valence-corrected chi connectivity index (χ4v) is 2.30. The summed E-state index contributed by atoms with van der Waals surface area (Å²) in [6, 6.07) is 8.83. The Morgan fingerprint density at radius 1 is 1.22 bits per heavy atom. The highest BCUT2D eigenvalue weighted by Crippen LogP contribution is 2.28. The Balaban J connectivity index is 2.58. The maximum absolute atomic E-state index is 4.00. The third kappa shape index (κ3) is 4.41. The molecule has 0 saturated carbocycles. The molecule has 0 aliphatic rings. The summed E-state index contributed by atoms with van der Waals surface area (Å²) in [4.78, 5) is 1.24. The highest BCUT2D eigenvalue weighted by molar-refractivity contribution is 7.97. The maximum atomic E-state index is 4.00. The summed E-state index contributed by atoms with van der Waals surface area (Å²) >= 11 is 1.65. The van der Waals surface area contributed by atoms with Crippen LogP contribution in [-0.2, 0) is 5.41 Å². The number of rotatable bonds is 7. The van der Waals surface area contributed by atoms with Crippen molar-refractivity contribution in [2.24, 2.45) is 0 Å². The standard InChI is InChI=1S/C16H25NS/c1-6-8-13(3)17-18-15-11-9-14(10-12-15)16(4,5)7-2/h9-12,17H,3,6-8H2,1-2,4-5H3. The molecule has 0 aliphatic carbocycles. The zero-order valence-corrected chi connectivity index (χ0v) is 12.9. The van der Waals surface area contributed by atoms with E-state index in [4.69, 9.17) is 0 Å². The Morgan fingerprint density at radius 3 is 2.33 bits per heavy atom. The highest BCUT2D eigenvalue weighted by atomic mass is 32.2. The number of allylic oxidation sites excluding steroid dienone is 1. The van der Waals surface area contributed by atoms with Crippen molar-refractivity contribution in [3.05, 3.63) is 42.1 Å². The van der Waals surface area contributed by atoms with Crippen LogP contribution >= 0.6 is 11.9 Å². The van der Waals surface area contributed by atoms with Gasteiger partial charge in [0, 0.05) is 10.6 Å². The van der Waals surface area contributed by atoms with Gasteiger partial charge in [0.2, 0.25) is 0 Å². The van der Waals surface area contributed by atoms with Crippen molar-refractivity contribution in [3.63, 3.8) is 0 Å². The molecule has 0 aromatic heterocycles. The highest BCUT2D eigenvalue weighted by Gasteiger charge is 2.17. The van der Waals surface area contributed by atoms with Crippen LogP contribution < -0.4 is 4.72 Å². The first-order chi connectivity index (χ1) is 8.49. The lowest BCUT2D eigenvalue weighted by atomic mass is 9.82. The summed E-state index contributed by atoms with van der Waals surface area (Å²) in [5.41, 5.74) is 2.77. The largest absolute Gasteiger partial charge is 0.330 e. The third-order valence-electron chi connectivity index (χ3n) is 3.38. The third-order valence-corrected chi connectivity index (χ3v) is 4.28. The Hall–Kier alpha value is -0.890. The van der Waals surface area contributed by atoms with E-state index in [9.17, 15) is 0 Å². The topological polar surface area (TPSA) is 12.0 Å². The van der Waals surface area contributed by atoms with Gasteiger partial charge >= 0.3 is 0 Å². The summed E-state index contributed by atoms with van der Waals surface area (Å²) in [6.07, 6.45) is 3.33. The summed E-state index contributed by atoms with van der Waals surface area (Å²) in [7, 11) is 0. The molecule has 1 aromatic rings. The Morgan fingerprint density at radius 2 is 1.83 bits per heavy atom. The van der Waals surface area contributed by atoms with Gasteiger partial charge in [0.05, 0.1) is 0 Å². The van der Waals surface area contributed by atoms with E-state index < -0.39 is 0 Å². The average Bonchev–Trinajstić information content (AvgIpc) is 2.37. The van der Waals surface area contributed by atoms with Crippen molar-refractivity contribution in [1.29, 1.82) is 0 Å². The van der Waals surface area contributed by atoms with Crippen LogP contribution in [0.2, 0.25) is 0 Å². The Labute approximate surface area is 116 Å². The predicted molar refractivity (Wildman–Crippen MR) is 82.8 cm³/mol. The smallest absolute Gasteiger partial charge is 0.0284 e. The molecule has 0 unspecified atom stereocenters. The predicted octanol–water partition coefficient (Wildman–Crippen LogP) is 5.28. The number of hydrogen-bond donors (Lipinski definition) is 1. The van der Waals surface area contributed by atoms with Crippen LogP contribution in [0.25, 0.3) is 0 Å². The second kappa shape index (κ2) is 6.89. The molecule has 1 N–H and O–H groups in total. The molecule has 0 spiro atoms. The van der Waals surface area contributed by atoms with E-state index in [1.165, 1.54) is 10.5 Å². The summed E-state index contributed by atoms with van der Waals surface area (Å²) in [5, 5.41) is 0. The van der Waals surface area contributed by atoms with Crippen molar-refractivity contribution in [2.45, 2.75) is 57.3 Å². The first kappa shape index (κ1) is 15.2. The quantitative estimate of drug-likeness (QED) is 0.671. The lowest BCUT2D eigenvalue weighted by Gasteiger charge is -2.23. The van der Waals surface area contributed by atoms with Crippen molar-refractivity contribution in [2.75, 3.05) is 0 Å². The number of nitrogens with one attached hydrogen (secondary N) is 1. The monoisotopic (exact) mass is 263 g/mol. The van der Waals surface area contributed by atoms with Gasteiger partial charge < -0.3 is 4.72 Å². The van der Waals surface area contributed by atoms with Crippen molar-refractivity contribution in [3.8, 4) is 0 Å². The van der Waals surface area contributed by atoms with Gasteiger partial charge in [0.25, 0.3) is 0 Å². The van der Waals surface area contributed by atoms with Gasteiger partial charge in [-0.15, -0.1) is 0 Å². The van der Waals surface area contributed by atoms with Gasteiger partial charge in [0.15, 0.2) is 0 Å². The molecule has 0 atom stereocenters. The Kier molecular flexibility index (Phi) is 5.80. The van der Waals surface area contributed by atoms with Gasteiger partial charge in [-0.05, 0) is 47.9 Å². The maximum Gasteiger partial charge on any atom is 0.0284 e. The summed E-state index contributed by atoms with van der Waals surface area (Å²) in [6.45, 7) is 13.0. The molecule has 100 valence electrons.